The monoisotopic (exact) mass is 356 g/mol. The first-order chi connectivity index (χ1) is 12.4. The van der Waals surface area contributed by atoms with E-state index in [1.54, 1.807) is 30.3 Å². The third-order valence-electron chi connectivity index (χ3n) is 3.47. The van der Waals surface area contributed by atoms with E-state index in [0.717, 1.165) is 0 Å². The van der Waals surface area contributed by atoms with Crippen LogP contribution in [0.3, 0.4) is 0 Å². The SMILES string of the molecule is CC(=O)c1ccccc1NC(=O)COC(=O)Cc1ccccc1[N+](=O)[O-]. The number of nitrogens with zero attached hydrogens (tertiary/aromatic N) is 1. The summed E-state index contributed by atoms with van der Waals surface area (Å²) in [5.74, 6) is -1.60. The number of ether oxygens (including phenoxy) is 1. The summed E-state index contributed by atoms with van der Waals surface area (Å²) < 4.78 is 4.86. The van der Waals surface area contributed by atoms with Crippen molar-refractivity contribution in [3.05, 3.63) is 69.8 Å². The molecule has 0 heterocycles. The Labute approximate surface area is 148 Å². The van der Waals surface area contributed by atoms with E-state index in [1.807, 2.05) is 0 Å². The van der Waals surface area contributed by atoms with Gasteiger partial charge in [0, 0.05) is 17.2 Å². The van der Waals surface area contributed by atoms with Crippen LogP contribution in [0.5, 0.6) is 0 Å². The van der Waals surface area contributed by atoms with E-state index in [4.69, 9.17) is 4.74 Å². The number of hydrogen-bond acceptors (Lipinski definition) is 6. The first-order valence-corrected chi connectivity index (χ1v) is 7.66. The van der Waals surface area contributed by atoms with Crippen LogP contribution < -0.4 is 5.32 Å². The van der Waals surface area contributed by atoms with Crippen molar-refractivity contribution >= 4 is 29.0 Å². The highest BCUT2D eigenvalue weighted by Gasteiger charge is 2.17. The number of para-hydroxylation sites is 2. The second-order valence-electron chi connectivity index (χ2n) is 5.37. The summed E-state index contributed by atoms with van der Waals surface area (Å²) in [5, 5.41) is 13.4. The van der Waals surface area contributed by atoms with Crippen molar-refractivity contribution in [3.8, 4) is 0 Å². The maximum atomic E-state index is 11.9. The predicted molar refractivity (Wildman–Crippen MR) is 92.8 cm³/mol. The van der Waals surface area contributed by atoms with Crippen LogP contribution in [0.2, 0.25) is 0 Å². The summed E-state index contributed by atoms with van der Waals surface area (Å²) in [6, 6.07) is 12.2. The van der Waals surface area contributed by atoms with Crippen LogP contribution in [0.1, 0.15) is 22.8 Å². The number of carbonyl (C=O) groups excluding carboxylic acids is 3. The van der Waals surface area contributed by atoms with Crippen molar-refractivity contribution in [2.75, 3.05) is 11.9 Å². The fourth-order valence-corrected chi connectivity index (χ4v) is 2.28. The zero-order chi connectivity index (χ0) is 19.1. The summed E-state index contributed by atoms with van der Waals surface area (Å²) in [6.45, 7) is 0.809. The lowest BCUT2D eigenvalue weighted by molar-refractivity contribution is -0.385. The molecule has 1 N–H and O–H groups in total. The Hall–Kier alpha value is -3.55. The summed E-state index contributed by atoms with van der Waals surface area (Å²) in [5.41, 5.74) is 0.668. The molecule has 1 amide bonds. The summed E-state index contributed by atoms with van der Waals surface area (Å²) in [6.07, 6.45) is -0.325. The van der Waals surface area contributed by atoms with E-state index in [1.165, 1.54) is 25.1 Å². The summed E-state index contributed by atoms with van der Waals surface area (Å²) >= 11 is 0. The van der Waals surface area contributed by atoms with E-state index in [2.05, 4.69) is 5.32 Å². The van der Waals surface area contributed by atoms with Crippen molar-refractivity contribution in [2.24, 2.45) is 0 Å². The lowest BCUT2D eigenvalue weighted by Crippen LogP contribution is -2.22. The number of esters is 1. The zero-order valence-corrected chi connectivity index (χ0v) is 13.9. The quantitative estimate of drug-likeness (QED) is 0.353. The molecule has 134 valence electrons. The molecule has 0 aliphatic rings. The molecule has 0 aliphatic heterocycles. The first-order valence-electron chi connectivity index (χ1n) is 7.66. The molecular formula is C18H16N2O6. The molecule has 8 nitrogen and oxygen atoms in total. The smallest absolute Gasteiger partial charge is 0.311 e. The normalized spacial score (nSPS) is 10.0. The molecule has 0 unspecified atom stereocenters. The minimum Gasteiger partial charge on any atom is -0.455 e. The number of ketones is 1. The van der Waals surface area contributed by atoms with Gasteiger partial charge in [-0.05, 0) is 19.1 Å². The Morgan fingerprint density at radius 1 is 1.08 bits per heavy atom. The molecule has 0 saturated heterocycles. The van der Waals surface area contributed by atoms with Crippen LogP contribution in [0.15, 0.2) is 48.5 Å². The number of rotatable bonds is 7. The average Bonchev–Trinajstić information content (AvgIpc) is 2.60. The number of nitro groups is 1. The van der Waals surface area contributed by atoms with Gasteiger partial charge in [-0.1, -0.05) is 30.3 Å². The standard InChI is InChI=1S/C18H16N2O6/c1-12(21)14-7-3-4-8-15(14)19-17(22)11-26-18(23)10-13-6-2-5-9-16(13)20(24)25/h2-9H,10-11H2,1H3,(H,19,22). The van der Waals surface area contributed by atoms with Gasteiger partial charge in [-0.2, -0.15) is 0 Å². The van der Waals surface area contributed by atoms with E-state index in [0.29, 0.717) is 11.3 Å². The maximum Gasteiger partial charge on any atom is 0.311 e. The summed E-state index contributed by atoms with van der Waals surface area (Å²) in [4.78, 5) is 45.6. The highest BCUT2D eigenvalue weighted by atomic mass is 16.6. The number of Topliss-reactive ketones (excluding diaryl/α,β-unsaturated/α-hetero) is 1. The van der Waals surface area contributed by atoms with Crippen LogP contribution in [-0.2, 0) is 20.7 Å². The Bertz CT molecular complexity index is 791. The van der Waals surface area contributed by atoms with Crippen molar-refractivity contribution in [2.45, 2.75) is 13.3 Å². The number of nitrogens with one attached hydrogen (secondary N) is 1. The van der Waals surface area contributed by atoms with Crippen molar-refractivity contribution in [3.63, 3.8) is 0 Å². The molecule has 0 fully saturated rings. The molecule has 0 radical (unpaired) electrons. The van der Waals surface area contributed by atoms with Gasteiger partial charge in [-0.3, -0.25) is 24.5 Å². The molecule has 0 aliphatic carbocycles. The Balaban J connectivity index is 1.93. The van der Waals surface area contributed by atoms with E-state index < -0.39 is 23.4 Å². The number of hydrogen-bond donors (Lipinski definition) is 1. The van der Waals surface area contributed by atoms with Gasteiger partial charge in [-0.15, -0.1) is 0 Å². The highest BCUT2D eigenvalue weighted by Crippen LogP contribution is 2.18. The largest absolute Gasteiger partial charge is 0.455 e. The number of benzene rings is 2. The van der Waals surface area contributed by atoms with Gasteiger partial charge in [-0.25, -0.2) is 0 Å². The van der Waals surface area contributed by atoms with E-state index >= 15 is 0 Å². The van der Waals surface area contributed by atoms with Crippen LogP contribution >= 0.6 is 0 Å². The number of amides is 1. The second kappa shape index (κ2) is 8.52. The Morgan fingerprint density at radius 3 is 2.42 bits per heavy atom. The van der Waals surface area contributed by atoms with Crippen LogP contribution in [0.4, 0.5) is 11.4 Å². The van der Waals surface area contributed by atoms with Gasteiger partial charge in [0.05, 0.1) is 17.0 Å². The molecule has 8 heteroatoms. The minimum atomic E-state index is -0.769. The van der Waals surface area contributed by atoms with Gasteiger partial charge in [0.1, 0.15) is 0 Å². The predicted octanol–water partition coefficient (Wildman–Crippen LogP) is 2.52. The van der Waals surface area contributed by atoms with Crippen molar-refractivity contribution in [1.29, 1.82) is 0 Å². The van der Waals surface area contributed by atoms with Gasteiger partial charge in [0.25, 0.3) is 11.6 Å². The molecule has 0 aromatic heterocycles. The molecule has 2 aromatic carbocycles. The number of anilines is 1. The second-order valence-corrected chi connectivity index (χ2v) is 5.37. The third-order valence-corrected chi connectivity index (χ3v) is 3.47. The van der Waals surface area contributed by atoms with E-state index in [9.17, 15) is 24.5 Å². The van der Waals surface area contributed by atoms with Crippen LogP contribution in [-0.4, -0.2) is 29.2 Å². The van der Waals surface area contributed by atoms with Gasteiger partial charge in [0.2, 0.25) is 0 Å². The molecule has 0 saturated carbocycles. The Morgan fingerprint density at radius 2 is 1.73 bits per heavy atom. The highest BCUT2D eigenvalue weighted by molar-refractivity contribution is 6.04. The lowest BCUT2D eigenvalue weighted by atomic mass is 10.1. The van der Waals surface area contributed by atoms with Gasteiger partial charge in [0.15, 0.2) is 12.4 Å². The molecular weight excluding hydrogens is 340 g/mol. The van der Waals surface area contributed by atoms with Crippen LogP contribution in [0.25, 0.3) is 0 Å². The van der Waals surface area contributed by atoms with E-state index in [-0.39, 0.29) is 23.5 Å². The summed E-state index contributed by atoms with van der Waals surface area (Å²) in [7, 11) is 0. The molecule has 2 rings (SSSR count). The van der Waals surface area contributed by atoms with Crippen molar-refractivity contribution < 1.29 is 24.0 Å². The van der Waals surface area contributed by atoms with Gasteiger partial charge < -0.3 is 10.1 Å². The average molecular weight is 356 g/mol. The maximum absolute atomic E-state index is 11.9. The minimum absolute atomic E-state index is 0.190. The fourth-order valence-electron chi connectivity index (χ4n) is 2.28. The molecule has 0 atom stereocenters. The van der Waals surface area contributed by atoms with Crippen LogP contribution in [0, 0.1) is 10.1 Å². The fraction of sp³-hybridized carbons (Fsp3) is 0.167. The number of nitro benzene ring substituents is 1. The molecule has 2 aromatic rings. The zero-order valence-electron chi connectivity index (χ0n) is 13.9. The number of carbonyl (C=O) groups is 3. The molecule has 0 bridgehead atoms. The molecule has 0 spiro atoms. The lowest BCUT2D eigenvalue weighted by Gasteiger charge is -2.09. The Kier molecular flexibility index (Phi) is 6.15. The first kappa shape index (κ1) is 18.8. The van der Waals surface area contributed by atoms with Crippen molar-refractivity contribution in [1.82, 2.24) is 0 Å². The third kappa shape index (κ3) is 4.97. The van der Waals surface area contributed by atoms with Gasteiger partial charge >= 0.3 is 5.97 Å². The topological polar surface area (TPSA) is 116 Å². The molecule has 26 heavy (non-hydrogen) atoms.